The molecule has 3 atom stereocenters. The number of nitrogens with zero attached hydrogens (tertiary/aromatic N) is 3. The van der Waals surface area contributed by atoms with Gasteiger partial charge >= 0.3 is 6.03 Å². The van der Waals surface area contributed by atoms with Crippen LogP contribution in [-0.4, -0.2) is 88.4 Å². The summed E-state index contributed by atoms with van der Waals surface area (Å²) in [6.45, 7) is 6.41. The van der Waals surface area contributed by atoms with Gasteiger partial charge in [-0.25, -0.2) is 13.2 Å². The van der Waals surface area contributed by atoms with Crippen LogP contribution in [0.25, 0.3) is 0 Å². The predicted octanol–water partition coefficient (Wildman–Crippen LogP) is 3.64. The van der Waals surface area contributed by atoms with Crippen molar-refractivity contribution in [2.24, 2.45) is 11.8 Å². The zero-order valence-electron chi connectivity index (χ0n) is 28.7. The smallest absolute Gasteiger partial charge is 0.328 e. The van der Waals surface area contributed by atoms with Gasteiger partial charge in [0.25, 0.3) is 5.91 Å². The summed E-state index contributed by atoms with van der Waals surface area (Å²) in [6.07, 6.45) is -1.22. The number of aliphatic hydroxyl groups excluding tert-OH is 2. The topological polar surface area (TPSA) is 174 Å². The summed E-state index contributed by atoms with van der Waals surface area (Å²) in [7, 11) is -4.15. The number of rotatable bonds is 16. The van der Waals surface area contributed by atoms with Crippen molar-refractivity contribution in [3.63, 3.8) is 0 Å². The van der Waals surface area contributed by atoms with Gasteiger partial charge < -0.3 is 26.2 Å². The van der Waals surface area contributed by atoms with E-state index in [1.807, 2.05) is 44.2 Å². The van der Waals surface area contributed by atoms with Gasteiger partial charge in [0.05, 0.1) is 40.9 Å². The zero-order chi connectivity index (χ0) is 36.7. The Balaban J connectivity index is 1.60. The van der Waals surface area contributed by atoms with Gasteiger partial charge in [-0.2, -0.15) is 4.31 Å². The average molecular weight is 728 g/mol. The standard InChI is InChI=1S/C36H46ClN5O7S/c1-23(2)18-40(50(48,49)28-13-14-29(37)30(38)17-28)20-32(44)31(16-25-9-6-5-7-10-25)39-35(46)34(24(3)4)42-21-33(45)41(36(42)47)19-26-11-8-12-27(15-26)22-43/h5-15,17,23-24,31-32,34,43-44H,16,18-22,38H2,1-4H3,(H,39,46)/t31-,32+,34?/m0/s1. The van der Waals surface area contributed by atoms with Crippen LogP contribution in [0.4, 0.5) is 10.5 Å². The first-order valence-electron chi connectivity index (χ1n) is 16.5. The highest BCUT2D eigenvalue weighted by Crippen LogP contribution is 2.26. The lowest BCUT2D eigenvalue weighted by Gasteiger charge is -2.34. The van der Waals surface area contributed by atoms with Crippen molar-refractivity contribution < 1.29 is 33.0 Å². The number of nitrogens with two attached hydrogens (primary N) is 1. The SMILES string of the molecule is CC(C)CN(C[C@@H](O)[C@H](Cc1ccccc1)NC(=O)C(C(C)C)N1CC(=O)N(Cc2cccc(CO)c2)C1=O)S(=O)(=O)c1ccc(Cl)c(N)c1. The molecule has 0 aromatic heterocycles. The van der Waals surface area contributed by atoms with E-state index in [0.29, 0.717) is 11.1 Å². The molecule has 1 unspecified atom stereocenters. The molecule has 1 saturated heterocycles. The lowest BCUT2D eigenvalue weighted by Crippen LogP contribution is -2.57. The highest BCUT2D eigenvalue weighted by Gasteiger charge is 2.44. The summed E-state index contributed by atoms with van der Waals surface area (Å²) in [6, 6.07) is 17.4. The minimum absolute atomic E-state index is 0.0246. The van der Waals surface area contributed by atoms with Crippen molar-refractivity contribution in [2.45, 2.75) is 70.4 Å². The Morgan fingerprint density at radius 2 is 1.62 bits per heavy atom. The minimum atomic E-state index is -4.15. The molecule has 14 heteroatoms. The van der Waals surface area contributed by atoms with Crippen LogP contribution in [0.5, 0.6) is 0 Å². The summed E-state index contributed by atoms with van der Waals surface area (Å²) in [4.78, 5) is 43.1. The average Bonchev–Trinajstić information content (AvgIpc) is 3.33. The van der Waals surface area contributed by atoms with Gasteiger partial charge in [-0.05, 0) is 53.1 Å². The Kier molecular flexibility index (Phi) is 13.0. The summed E-state index contributed by atoms with van der Waals surface area (Å²) < 4.78 is 28.9. The van der Waals surface area contributed by atoms with Crippen molar-refractivity contribution in [1.29, 1.82) is 0 Å². The Bertz CT molecular complexity index is 1770. The maximum atomic E-state index is 14.1. The third-order valence-corrected chi connectivity index (χ3v) is 10.7. The van der Waals surface area contributed by atoms with Crippen molar-refractivity contribution in [3.05, 3.63) is 94.5 Å². The van der Waals surface area contributed by atoms with E-state index in [1.54, 1.807) is 38.1 Å². The maximum Gasteiger partial charge on any atom is 0.328 e. The second kappa shape index (κ2) is 16.8. The quantitative estimate of drug-likeness (QED) is 0.128. The van der Waals surface area contributed by atoms with E-state index in [4.69, 9.17) is 17.3 Å². The first-order chi connectivity index (χ1) is 23.6. The summed E-state index contributed by atoms with van der Waals surface area (Å²) in [5.41, 5.74) is 8.09. The van der Waals surface area contributed by atoms with Crippen LogP contribution in [0.3, 0.4) is 0 Å². The molecule has 1 fully saturated rings. The fourth-order valence-electron chi connectivity index (χ4n) is 6.01. The molecular weight excluding hydrogens is 682 g/mol. The highest BCUT2D eigenvalue weighted by atomic mass is 35.5. The molecule has 4 rings (SSSR count). The first kappa shape index (κ1) is 38.8. The Morgan fingerprint density at radius 1 is 0.960 bits per heavy atom. The third-order valence-electron chi connectivity index (χ3n) is 8.49. The molecule has 0 aliphatic carbocycles. The molecule has 5 N–H and O–H groups in total. The number of urea groups is 1. The number of aliphatic hydroxyl groups is 2. The number of hydrogen-bond acceptors (Lipinski definition) is 8. The van der Waals surface area contributed by atoms with Crippen LogP contribution in [0.2, 0.25) is 5.02 Å². The first-order valence-corrected chi connectivity index (χ1v) is 18.3. The van der Waals surface area contributed by atoms with Crippen molar-refractivity contribution in [2.75, 3.05) is 25.4 Å². The second-order valence-corrected chi connectivity index (χ2v) is 15.7. The number of carbonyl (C=O) groups is 3. The van der Waals surface area contributed by atoms with E-state index in [9.17, 15) is 33.0 Å². The lowest BCUT2D eigenvalue weighted by molar-refractivity contribution is -0.129. The maximum absolute atomic E-state index is 14.1. The predicted molar refractivity (Wildman–Crippen MR) is 191 cm³/mol. The van der Waals surface area contributed by atoms with E-state index >= 15 is 0 Å². The number of halogens is 1. The fourth-order valence-corrected chi connectivity index (χ4v) is 7.79. The Labute approximate surface area is 298 Å². The number of nitrogens with one attached hydrogen (secondary N) is 1. The molecule has 0 spiro atoms. The largest absolute Gasteiger partial charge is 0.397 e. The molecule has 1 aliphatic rings. The molecule has 270 valence electrons. The molecule has 3 aromatic rings. The summed E-state index contributed by atoms with van der Waals surface area (Å²) in [5.74, 6) is -1.59. The molecule has 1 aliphatic heterocycles. The van der Waals surface area contributed by atoms with E-state index in [1.165, 1.54) is 27.4 Å². The van der Waals surface area contributed by atoms with Crippen LogP contribution in [0, 0.1) is 11.8 Å². The Morgan fingerprint density at radius 3 is 2.24 bits per heavy atom. The van der Waals surface area contributed by atoms with Crippen molar-refractivity contribution in [3.8, 4) is 0 Å². The van der Waals surface area contributed by atoms with Crippen LogP contribution in [0.15, 0.2) is 77.7 Å². The molecule has 0 bridgehead atoms. The highest BCUT2D eigenvalue weighted by molar-refractivity contribution is 7.89. The van der Waals surface area contributed by atoms with Crippen LogP contribution in [-0.2, 0) is 39.2 Å². The molecule has 0 saturated carbocycles. The molecule has 12 nitrogen and oxygen atoms in total. The van der Waals surface area contributed by atoms with E-state index in [-0.39, 0.29) is 60.7 Å². The van der Waals surface area contributed by atoms with Crippen molar-refractivity contribution >= 4 is 45.2 Å². The third kappa shape index (κ3) is 9.40. The van der Waals surface area contributed by atoms with Gasteiger partial charge in [-0.1, -0.05) is 93.9 Å². The number of amides is 4. The van der Waals surface area contributed by atoms with Crippen LogP contribution < -0.4 is 11.1 Å². The van der Waals surface area contributed by atoms with Gasteiger partial charge in [0, 0.05) is 13.1 Å². The molecular formula is C36H46ClN5O7S. The summed E-state index contributed by atoms with van der Waals surface area (Å²) in [5, 5.41) is 24.3. The summed E-state index contributed by atoms with van der Waals surface area (Å²) >= 11 is 6.05. The normalized spacial score (nSPS) is 15.6. The number of anilines is 1. The fraction of sp³-hybridized carbons (Fsp3) is 0.417. The molecule has 50 heavy (non-hydrogen) atoms. The minimum Gasteiger partial charge on any atom is -0.397 e. The number of imide groups is 1. The molecule has 1 heterocycles. The Hall–Kier alpha value is -4.01. The molecule has 0 radical (unpaired) electrons. The molecule has 3 aromatic carbocycles. The zero-order valence-corrected chi connectivity index (χ0v) is 30.3. The van der Waals surface area contributed by atoms with Crippen LogP contribution in [0.1, 0.15) is 44.4 Å². The van der Waals surface area contributed by atoms with Gasteiger partial charge in [-0.3, -0.25) is 14.5 Å². The lowest BCUT2D eigenvalue weighted by atomic mass is 9.97. The van der Waals surface area contributed by atoms with Gasteiger partial charge in [0.2, 0.25) is 15.9 Å². The van der Waals surface area contributed by atoms with Crippen LogP contribution >= 0.6 is 11.6 Å². The van der Waals surface area contributed by atoms with Crippen molar-refractivity contribution in [1.82, 2.24) is 19.4 Å². The number of benzene rings is 3. The number of nitrogen functional groups attached to an aromatic ring is 1. The van der Waals surface area contributed by atoms with Gasteiger partial charge in [0.1, 0.15) is 12.6 Å². The number of sulfonamides is 1. The van der Waals surface area contributed by atoms with E-state index in [0.717, 1.165) is 10.5 Å². The van der Waals surface area contributed by atoms with Gasteiger partial charge in [0.15, 0.2) is 0 Å². The van der Waals surface area contributed by atoms with E-state index in [2.05, 4.69) is 5.32 Å². The monoisotopic (exact) mass is 727 g/mol. The number of carbonyl (C=O) groups excluding carboxylic acids is 3. The van der Waals surface area contributed by atoms with Gasteiger partial charge in [-0.15, -0.1) is 0 Å². The van der Waals surface area contributed by atoms with E-state index < -0.39 is 52.0 Å². The second-order valence-electron chi connectivity index (χ2n) is 13.3. The number of hydrogen-bond donors (Lipinski definition) is 4. The molecule has 4 amide bonds.